The molecule has 1 aromatic carbocycles. The molecule has 1 unspecified atom stereocenters. The number of rotatable bonds is 4. The minimum Gasteiger partial charge on any atom is -0.631 e. The summed E-state index contributed by atoms with van der Waals surface area (Å²) in [6.45, 7) is 4.52. The van der Waals surface area contributed by atoms with Gasteiger partial charge in [0.1, 0.15) is 0 Å². The van der Waals surface area contributed by atoms with Crippen LogP contribution in [0.4, 0.5) is 5.95 Å². The highest BCUT2D eigenvalue weighted by molar-refractivity contribution is 5.33. The molecule has 2 fully saturated rings. The molecular formula is C20H24N6O. The van der Waals surface area contributed by atoms with Gasteiger partial charge >= 0.3 is 0 Å². The van der Waals surface area contributed by atoms with Gasteiger partial charge in [-0.05, 0) is 18.2 Å². The Kier molecular flexibility index (Phi) is 5.03. The van der Waals surface area contributed by atoms with Crippen LogP contribution >= 0.6 is 0 Å². The quantitative estimate of drug-likeness (QED) is 0.612. The first-order chi connectivity index (χ1) is 13.2. The Morgan fingerprint density at radius 1 is 1.00 bits per heavy atom. The van der Waals surface area contributed by atoms with Crippen molar-refractivity contribution in [2.45, 2.75) is 19.0 Å². The normalized spacial score (nSPS) is 21.0. The third kappa shape index (κ3) is 3.65. The molecule has 0 N–H and O–H groups in total. The maximum atomic E-state index is 13.6. The number of nitriles is 1. The largest absolute Gasteiger partial charge is 0.631 e. The summed E-state index contributed by atoms with van der Waals surface area (Å²) in [7, 11) is 0. The molecule has 3 heterocycles. The van der Waals surface area contributed by atoms with Gasteiger partial charge in [0.25, 0.3) is 0 Å². The molecule has 0 radical (unpaired) electrons. The van der Waals surface area contributed by atoms with E-state index >= 15 is 0 Å². The number of quaternary nitrogens is 1. The summed E-state index contributed by atoms with van der Waals surface area (Å²) in [5.74, 6) is 0.749. The van der Waals surface area contributed by atoms with Gasteiger partial charge in [0.05, 0.1) is 24.7 Å². The van der Waals surface area contributed by atoms with Gasteiger partial charge in [0.2, 0.25) is 5.95 Å². The van der Waals surface area contributed by atoms with Crippen LogP contribution in [0.2, 0.25) is 0 Å². The van der Waals surface area contributed by atoms with Gasteiger partial charge in [-0.25, -0.2) is 14.9 Å². The number of aromatic nitrogens is 2. The van der Waals surface area contributed by atoms with Crippen LogP contribution in [0.5, 0.6) is 0 Å². The Balaban J connectivity index is 1.55. The van der Waals surface area contributed by atoms with Crippen molar-refractivity contribution in [3.8, 4) is 6.07 Å². The number of benzene rings is 1. The fourth-order valence-corrected chi connectivity index (χ4v) is 4.25. The predicted molar refractivity (Wildman–Crippen MR) is 102 cm³/mol. The van der Waals surface area contributed by atoms with E-state index in [0.29, 0.717) is 18.7 Å². The molecule has 2 saturated heterocycles. The van der Waals surface area contributed by atoms with Gasteiger partial charge in [-0.15, -0.1) is 0 Å². The molecule has 0 aliphatic carbocycles. The van der Waals surface area contributed by atoms with Gasteiger partial charge in [-0.3, -0.25) is 0 Å². The zero-order valence-corrected chi connectivity index (χ0v) is 15.4. The van der Waals surface area contributed by atoms with E-state index in [1.165, 1.54) is 0 Å². The molecule has 7 heteroatoms. The molecule has 1 atom stereocenters. The first-order valence-electron chi connectivity index (χ1n) is 9.53. The zero-order valence-electron chi connectivity index (χ0n) is 15.4. The van der Waals surface area contributed by atoms with E-state index in [1.54, 1.807) is 12.4 Å². The van der Waals surface area contributed by atoms with Crippen LogP contribution in [0.1, 0.15) is 30.1 Å². The van der Waals surface area contributed by atoms with Crippen molar-refractivity contribution in [3.05, 3.63) is 59.1 Å². The highest BCUT2D eigenvalue weighted by atomic mass is 16.6. The molecule has 0 saturated carbocycles. The number of hydroxylamine groups is 3. The fourth-order valence-electron chi connectivity index (χ4n) is 4.25. The van der Waals surface area contributed by atoms with E-state index in [0.717, 1.165) is 50.5 Å². The monoisotopic (exact) mass is 364 g/mol. The molecule has 27 heavy (non-hydrogen) atoms. The van der Waals surface area contributed by atoms with Gasteiger partial charge in [-0.1, -0.05) is 12.1 Å². The molecule has 2 aliphatic heterocycles. The van der Waals surface area contributed by atoms with Crippen molar-refractivity contribution in [2.24, 2.45) is 0 Å². The summed E-state index contributed by atoms with van der Waals surface area (Å²) >= 11 is 0. The third-order valence-corrected chi connectivity index (χ3v) is 5.60. The third-order valence-electron chi connectivity index (χ3n) is 5.60. The van der Waals surface area contributed by atoms with Gasteiger partial charge in [0, 0.05) is 57.0 Å². The van der Waals surface area contributed by atoms with Gasteiger partial charge < -0.3 is 14.8 Å². The van der Waals surface area contributed by atoms with Crippen LogP contribution in [-0.4, -0.2) is 58.8 Å². The Hall–Kier alpha value is -2.53. The highest BCUT2D eigenvalue weighted by Crippen LogP contribution is 2.36. The molecule has 2 aliphatic rings. The molecule has 4 rings (SSSR count). The van der Waals surface area contributed by atoms with Crippen molar-refractivity contribution in [3.63, 3.8) is 0 Å². The number of piperazine rings is 1. The lowest BCUT2D eigenvalue weighted by atomic mass is 10.1. The van der Waals surface area contributed by atoms with Crippen LogP contribution in [0.15, 0.2) is 42.7 Å². The summed E-state index contributed by atoms with van der Waals surface area (Å²) in [6.07, 6.45) is 5.27. The van der Waals surface area contributed by atoms with Crippen LogP contribution in [0.3, 0.4) is 0 Å². The zero-order chi connectivity index (χ0) is 18.7. The summed E-state index contributed by atoms with van der Waals surface area (Å²) in [6, 6.07) is 11.5. The standard InChI is InChI=1S/C20H24N6O/c21-16-17-4-6-18(7-5-17)19(26(27)14-1-2-15-26)24-10-12-25(13-11-24)20-22-8-3-9-23-20/h3-9,19H,1-2,10-15H2. The highest BCUT2D eigenvalue weighted by Gasteiger charge is 2.39. The second-order valence-corrected chi connectivity index (χ2v) is 7.29. The Bertz CT molecular complexity index is 789. The van der Waals surface area contributed by atoms with E-state index < -0.39 is 0 Å². The van der Waals surface area contributed by atoms with E-state index in [2.05, 4.69) is 25.8 Å². The molecule has 0 spiro atoms. The number of anilines is 1. The molecule has 140 valence electrons. The second kappa shape index (κ2) is 7.61. The average molecular weight is 364 g/mol. The lowest BCUT2D eigenvalue weighted by molar-refractivity contribution is -0.913. The topological polar surface area (TPSA) is 79.1 Å². The maximum absolute atomic E-state index is 13.6. The molecule has 0 amide bonds. The van der Waals surface area contributed by atoms with Gasteiger partial charge in [-0.2, -0.15) is 5.26 Å². The van der Waals surface area contributed by atoms with Crippen molar-refractivity contribution in [2.75, 3.05) is 44.2 Å². The van der Waals surface area contributed by atoms with Crippen molar-refractivity contribution < 1.29 is 4.65 Å². The van der Waals surface area contributed by atoms with Crippen molar-refractivity contribution in [1.82, 2.24) is 14.9 Å². The summed E-state index contributed by atoms with van der Waals surface area (Å²) in [4.78, 5) is 13.2. The Morgan fingerprint density at radius 2 is 1.63 bits per heavy atom. The fraction of sp³-hybridized carbons (Fsp3) is 0.450. The molecule has 2 aromatic rings. The van der Waals surface area contributed by atoms with Crippen molar-refractivity contribution in [1.29, 1.82) is 5.26 Å². The smallest absolute Gasteiger partial charge is 0.225 e. The van der Waals surface area contributed by atoms with E-state index in [-0.39, 0.29) is 10.8 Å². The van der Waals surface area contributed by atoms with Gasteiger partial charge in [0.15, 0.2) is 6.17 Å². The minimum atomic E-state index is -0.209. The van der Waals surface area contributed by atoms with E-state index in [4.69, 9.17) is 5.26 Å². The number of hydrogen-bond donors (Lipinski definition) is 0. The predicted octanol–water partition coefficient (Wildman–Crippen LogP) is 2.28. The lowest BCUT2D eigenvalue weighted by Crippen LogP contribution is -2.56. The Labute approximate surface area is 159 Å². The van der Waals surface area contributed by atoms with Crippen LogP contribution in [-0.2, 0) is 0 Å². The van der Waals surface area contributed by atoms with E-state index in [1.807, 2.05) is 30.3 Å². The first-order valence-corrected chi connectivity index (χ1v) is 9.53. The average Bonchev–Trinajstić information content (AvgIpc) is 3.17. The van der Waals surface area contributed by atoms with E-state index in [9.17, 15) is 5.21 Å². The van der Waals surface area contributed by atoms with Crippen LogP contribution in [0, 0.1) is 16.5 Å². The molecular weight excluding hydrogens is 340 g/mol. The Morgan fingerprint density at radius 3 is 2.22 bits per heavy atom. The molecule has 0 bridgehead atoms. The summed E-state index contributed by atoms with van der Waals surface area (Å²) in [5.41, 5.74) is 1.64. The van der Waals surface area contributed by atoms with Crippen LogP contribution in [0.25, 0.3) is 0 Å². The van der Waals surface area contributed by atoms with Crippen molar-refractivity contribution >= 4 is 5.95 Å². The number of hydrogen-bond acceptors (Lipinski definition) is 6. The minimum absolute atomic E-state index is 0.187. The second-order valence-electron chi connectivity index (χ2n) is 7.29. The lowest BCUT2D eigenvalue weighted by Gasteiger charge is -2.51. The molecule has 7 nitrogen and oxygen atoms in total. The summed E-state index contributed by atoms with van der Waals surface area (Å²) < 4.78 is -0.187. The SMILES string of the molecule is N#Cc1ccc(C(N2CCN(c3ncccn3)CC2)[N+]2([O-])CCCC2)cc1. The molecule has 1 aromatic heterocycles. The number of nitrogens with zero attached hydrogens (tertiary/aromatic N) is 6. The number of likely N-dealkylation sites (tertiary alicyclic amines) is 1. The summed E-state index contributed by atoms with van der Waals surface area (Å²) in [5, 5.41) is 22.7. The van der Waals surface area contributed by atoms with Crippen LogP contribution < -0.4 is 4.90 Å². The first kappa shape index (κ1) is 17.9. The maximum Gasteiger partial charge on any atom is 0.225 e.